The van der Waals surface area contributed by atoms with E-state index in [0.29, 0.717) is 16.7 Å². The molecule has 17 heavy (non-hydrogen) atoms. The highest BCUT2D eigenvalue weighted by molar-refractivity contribution is 6.29. The summed E-state index contributed by atoms with van der Waals surface area (Å²) in [6, 6.07) is 9.17. The molecule has 0 aliphatic rings. The van der Waals surface area contributed by atoms with E-state index in [9.17, 15) is 0 Å². The number of nitrogens with one attached hydrogen (secondary N) is 1. The molecule has 0 aliphatic carbocycles. The standard InChI is InChI=1S/C12H13ClN4/c1-8(10-4-2-3-5-15-10)16-12-7-9(14)6-11(13)17-12/h2-8H,1H3,(H3,14,16,17). The molecular formula is C12H13ClN4. The highest BCUT2D eigenvalue weighted by Crippen LogP contribution is 2.20. The number of anilines is 2. The van der Waals surface area contributed by atoms with Crippen LogP contribution in [-0.2, 0) is 0 Å². The Balaban J connectivity index is 2.16. The second kappa shape index (κ2) is 5.01. The molecule has 0 amide bonds. The first-order valence-corrected chi connectivity index (χ1v) is 5.63. The van der Waals surface area contributed by atoms with Crippen LogP contribution in [-0.4, -0.2) is 9.97 Å². The van der Waals surface area contributed by atoms with Gasteiger partial charge < -0.3 is 11.1 Å². The highest BCUT2D eigenvalue weighted by Gasteiger charge is 2.07. The molecule has 1 unspecified atom stereocenters. The lowest BCUT2D eigenvalue weighted by atomic mass is 10.2. The number of aromatic nitrogens is 2. The van der Waals surface area contributed by atoms with E-state index in [0.717, 1.165) is 5.69 Å². The average molecular weight is 249 g/mol. The lowest BCUT2D eigenvalue weighted by Crippen LogP contribution is -2.09. The van der Waals surface area contributed by atoms with Gasteiger partial charge in [0.25, 0.3) is 0 Å². The van der Waals surface area contributed by atoms with Gasteiger partial charge in [0.15, 0.2) is 0 Å². The number of nitrogens with zero attached hydrogens (tertiary/aromatic N) is 2. The summed E-state index contributed by atoms with van der Waals surface area (Å²) in [5.41, 5.74) is 7.22. The molecule has 0 radical (unpaired) electrons. The van der Waals surface area contributed by atoms with E-state index in [1.165, 1.54) is 0 Å². The van der Waals surface area contributed by atoms with Crippen LogP contribution in [0.4, 0.5) is 11.5 Å². The normalized spacial score (nSPS) is 12.1. The molecule has 0 aromatic carbocycles. The molecule has 0 saturated heterocycles. The summed E-state index contributed by atoms with van der Waals surface area (Å²) in [7, 11) is 0. The predicted octanol–water partition coefficient (Wildman–Crippen LogP) is 2.89. The maximum atomic E-state index is 5.83. The quantitative estimate of drug-likeness (QED) is 0.820. The smallest absolute Gasteiger partial charge is 0.133 e. The summed E-state index contributed by atoms with van der Waals surface area (Å²) in [5.74, 6) is 0.646. The summed E-state index contributed by atoms with van der Waals surface area (Å²) in [6.07, 6.45) is 1.76. The van der Waals surface area contributed by atoms with Crippen LogP contribution in [0.1, 0.15) is 18.7 Å². The minimum atomic E-state index is 0.0431. The van der Waals surface area contributed by atoms with Crippen LogP contribution < -0.4 is 11.1 Å². The van der Waals surface area contributed by atoms with Crippen molar-refractivity contribution in [2.45, 2.75) is 13.0 Å². The molecule has 2 aromatic heterocycles. The van der Waals surface area contributed by atoms with Crippen molar-refractivity contribution in [3.63, 3.8) is 0 Å². The summed E-state index contributed by atoms with van der Waals surface area (Å²) < 4.78 is 0. The van der Waals surface area contributed by atoms with Crippen LogP contribution >= 0.6 is 11.6 Å². The molecule has 0 aliphatic heterocycles. The van der Waals surface area contributed by atoms with Crippen molar-refractivity contribution in [2.24, 2.45) is 0 Å². The van der Waals surface area contributed by atoms with Crippen molar-refractivity contribution >= 4 is 23.1 Å². The molecule has 4 nitrogen and oxygen atoms in total. The number of hydrogen-bond donors (Lipinski definition) is 2. The second-order valence-electron chi connectivity index (χ2n) is 3.73. The molecule has 2 aromatic rings. The Kier molecular flexibility index (Phi) is 3.44. The van der Waals surface area contributed by atoms with Crippen LogP contribution in [0.3, 0.4) is 0 Å². The maximum absolute atomic E-state index is 5.83. The molecule has 88 valence electrons. The summed E-state index contributed by atoms with van der Waals surface area (Å²) >= 11 is 5.83. The van der Waals surface area contributed by atoms with Gasteiger partial charge >= 0.3 is 0 Å². The van der Waals surface area contributed by atoms with Gasteiger partial charge in [0.1, 0.15) is 11.0 Å². The Morgan fingerprint density at radius 2 is 2.18 bits per heavy atom. The third-order valence-electron chi connectivity index (χ3n) is 2.31. The van der Waals surface area contributed by atoms with Gasteiger partial charge in [-0.05, 0) is 25.1 Å². The molecule has 2 heterocycles. The monoisotopic (exact) mass is 248 g/mol. The van der Waals surface area contributed by atoms with Gasteiger partial charge in [-0.15, -0.1) is 0 Å². The van der Waals surface area contributed by atoms with Crippen molar-refractivity contribution in [2.75, 3.05) is 11.1 Å². The summed E-state index contributed by atoms with van der Waals surface area (Å²) in [6.45, 7) is 2.00. The second-order valence-corrected chi connectivity index (χ2v) is 4.12. The van der Waals surface area contributed by atoms with Gasteiger partial charge in [0, 0.05) is 18.0 Å². The number of halogens is 1. The number of pyridine rings is 2. The van der Waals surface area contributed by atoms with Crippen molar-refractivity contribution in [1.29, 1.82) is 0 Å². The minimum absolute atomic E-state index is 0.0431. The van der Waals surface area contributed by atoms with Crippen molar-refractivity contribution in [3.05, 3.63) is 47.4 Å². The zero-order chi connectivity index (χ0) is 12.3. The maximum Gasteiger partial charge on any atom is 0.133 e. The Morgan fingerprint density at radius 3 is 2.82 bits per heavy atom. The Bertz CT molecular complexity index is 481. The zero-order valence-electron chi connectivity index (χ0n) is 9.39. The average Bonchev–Trinajstić information content (AvgIpc) is 2.28. The van der Waals surface area contributed by atoms with Crippen molar-refractivity contribution in [3.8, 4) is 0 Å². The lowest BCUT2D eigenvalue weighted by Gasteiger charge is -2.14. The van der Waals surface area contributed by atoms with E-state index in [4.69, 9.17) is 17.3 Å². The van der Waals surface area contributed by atoms with Crippen LogP contribution in [0.25, 0.3) is 0 Å². The highest BCUT2D eigenvalue weighted by atomic mass is 35.5. The predicted molar refractivity (Wildman–Crippen MR) is 69.9 cm³/mol. The summed E-state index contributed by atoms with van der Waals surface area (Å²) in [4.78, 5) is 8.41. The molecule has 0 bridgehead atoms. The van der Waals surface area contributed by atoms with Gasteiger partial charge in [-0.3, -0.25) is 4.98 Å². The Labute approximate surface area is 105 Å². The molecule has 1 atom stereocenters. The van der Waals surface area contributed by atoms with E-state index >= 15 is 0 Å². The largest absolute Gasteiger partial charge is 0.399 e. The summed E-state index contributed by atoms with van der Waals surface area (Å²) in [5, 5.41) is 3.58. The fourth-order valence-corrected chi connectivity index (χ4v) is 1.74. The van der Waals surface area contributed by atoms with Gasteiger partial charge in [0.2, 0.25) is 0 Å². The number of rotatable bonds is 3. The first kappa shape index (κ1) is 11.7. The van der Waals surface area contributed by atoms with Crippen molar-refractivity contribution in [1.82, 2.24) is 9.97 Å². The third kappa shape index (κ3) is 3.07. The van der Waals surface area contributed by atoms with Crippen LogP contribution in [0.15, 0.2) is 36.5 Å². The minimum Gasteiger partial charge on any atom is -0.399 e. The number of hydrogen-bond acceptors (Lipinski definition) is 4. The van der Waals surface area contributed by atoms with Gasteiger partial charge in [-0.25, -0.2) is 4.98 Å². The van der Waals surface area contributed by atoms with Gasteiger partial charge in [-0.2, -0.15) is 0 Å². The zero-order valence-corrected chi connectivity index (χ0v) is 10.1. The number of nitrogen functional groups attached to an aromatic ring is 1. The third-order valence-corrected chi connectivity index (χ3v) is 2.51. The first-order valence-electron chi connectivity index (χ1n) is 5.25. The SMILES string of the molecule is CC(Nc1cc(N)cc(Cl)n1)c1ccccn1. The molecule has 5 heteroatoms. The molecule has 2 rings (SSSR count). The number of nitrogens with two attached hydrogens (primary N) is 1. The van der Waals surface area contributed by atoms with Crippen LogP contribution in [0, 0.1) is 0 Å². The van der Waals surface area contributed by atoms with Gasteiger partial charge in [-0.1, -0.05) is 17.7 Å². The fourth-order valence-electron chi connectivity index (χ4n) is 1.52. The van der Waals surface area contributed by atoms with E-state index in [-0.39, 0.29) is 6.04 Å². The Morgan fingerprint density at radius 1 is 1.35 bits per heavy atom. The van der Waals surface area contributed by atoms with E-state index in [2.05, 4.69) is 15.3 Å². The molecular weight excluding hydrogens is 236 g/mol. The molecule has 0 saturated carbocycles. The first-order chi connectivity index (χ1) is 8.15. The molecule has 0 fully saturated rings. The van der Waals surface area contributed by atoms with Crippen LogP contribution in [0.2, 0.25) is 5.15 Å². The fraction of sp³-hybridized carbons (Fsp3) is 0.167. The van der Waals surface area contributed by atoms with Crippen LogP contribution in [0.5, 0.6) is 0 Å². The van der Waals surface area contributed by atoms with Crippen molar-refractivity contribution < 1.29 is 0 Å². The molecule has 3 N–H and O–H groups in total. The van der Waals surface area contributed by atoms with E-state index in [1.807, 2.05) is 25.1 Å². The van der Waals surface area contributed by atoms with Gasteiger partial charge in [0.05, 0.1) is 11.7 Å². The Hall–Kier alpha value is -1.81. The lowest BCUT2D eigenvalue weighted by molar-refractivity contribution is 0.832. The topological polar surface area (TPSA) is 63.8 Å². The van der Waals surface area contributed by atoms with E-state index < -0.39 is 0 Å². The molecule has 0 spiro atoms. The van der Waals surface area contributed by atoms with E-state index in [1.54, 1.807) is 18.3 Å².